The Morgan fingerprint density at radius 3 is 2.10 bits per heavy atom. The van der Waals surface area contributed by atoms with Gasteiger partial charge in [-0.1, -0.05) is 46.8 Å². The van der Waals surface area contributed by atoms with Gasteiger partial charge < -0.3 is 15.1 Å². The Labute approximate surface area is 179 Å². The van der Waals surface area contributed by atoms with Crippen LogP contribution in [0.2, 0.25) is 0 Å². The Morgan fingerprint density at radius 2 is 1.60 bits per heavy atom. The first-order valence-corrected chi connectivity index (χ1v) is 10.6. The second kappa shape index (κ2) is 8.86. The molecule has 1 fully saturated rings. The van der Waals surface area contributed by atoms with Gasteiger partial charge in [-0.25, -0.2) is 4.98 Å². The van der Waals surface area contributed by atoms with Gasteiger partial charge in [0.15, 0.2) is 0 Å². The minimum Gasteiger partial charge on any atom is -0.353 e. The van der Waals surface area contributed by atoms with Crippen molar-refractivity contribution in [1.82, 2.24) is 9.88 Å². The van der Waals surface area contributed by atoms with Crippen LogP contribution >= 0.6 is 0 Å². The van der Waals surface area contributed by atoms with Crippen LogP contribution in [-0.2, 0) is 10.2 Å². The zero-order valence-electron chi connectivity index (χ0n) is 18.6. The number of pyridine rings is 1. The predicted molar refractivity (Wildman–Crippen MR) is 121 cm³/mol. The van der Waals surface area contributed by atoms with Crippen molar-refractivity contribution >= 4 is 23.3 Å². The summed E-state index contributed by atoms with van der Waals surface area (Å²) in [6.45, 7) is 13.3. The van der Waals surface area contributed by atoms with Crippen LogP contribution < -0.4 is 10.2 Å². The zero-order chi connectivity index (χ0) is 21.9. The van der Waals surface area contributed by atoms with Gasteiger partial charge in [0, 0.05) is 37.7 Å². The summed E-state index contributed by atoms with van der Waals surface area (Å²) in [6, 6.07) is 11.5. The zero-order valence-corrected chi connectivity index (χ0v) is 18.6. The molecule has 0 saturated carbocycles. The number of nitrogens with zero attached hydrogens (tertiary/aromatic N) is 3. The van der Waals surface area contributed by atoms with Crippen LogP contribution in [0.5, 0.6) is 0 Å². The van der Waals surface area contributed by atoms with E-state index >= 15 is 0 Å². The molecule has 1 aromatic heterocycles. The lowest BCUT2D eigenvalue weighted by Gasteiger charge is -2.36. The molecule has 6 heteroatoms. The van der Waals surface area contributed by atoms with Crippen LogP contribution in [0, 0.1) is 5.92 Å². The van der Waals surface area contributed by atoms with Gasteiger partial charge in [0.25, 0.3) is 5.91 Å². The fourth-order valence-corrected chi connectivity index (χ4v) is 3.49. The third-order valence-electron chi connectivity index (χ3n) is 5.43. The van der Waals surface area contributed by atoms with Crippen molar-refractivity contribution in [3.63, 3.8) is 0 Å². The molecular weight excluding hydrogens is 376 g/mol. The molecule has 1 aromatic carbocycles. The highest BCUT2D eigenvalue weighted by Gasteiger charge is 2.23. The van der Waals surface area contributed by atoms with Crippen molar-refractivity contribution < 1.29 is 9.59 Å². The van der Waals surface area contributed by atoms with E-state index in [1.165, 1.54) is 5.56 Å². The molecule has 3 rings (SSSR count). The Kier molecular flexibility index (Phi) is 6.44. The number of rotatable bonds is 4. The van der Waals surface area contributed by atoms with Crippen molar-refractivity contribution in [3.05, 3.63) is 53.7 Å². The SMILES string of the molecule is CC(C)C(=O)N1CCN(c2ccc(NC(=O)c3ccc(C(C)(C)C)cc3)cn2)CC1. The number of anilines is 2. The number of hydrogen-bond donors (Lipinski definition) is 1. The number of piperazine rings is 1. The van der Waals surface area contributed by atoms with Crippen molar-refractivity contribution in [2.45, 2.75) is 40.0 Å². The van der Waals surface area contributed by atoms with E-state index < -0.39 is 0 Å². The summed E-state index contributed by atoms with van der Waals surface area (Å²) in [4.78, 5) is 33.2. The van der Waals surface area contributed by atoms with Crippen LogP contribution in [-0.4, -0.2) is 47.9 Å². The summed E-state index contributed by atoms with van der Waals surface area (Å²) in [5, 5.41) is 2.91. The van der Waals surface area contributed by atoms with Crippen LogP contribution in [0.25, 0.3) is 0 Å². The van der Waals surface area contributed by atoms with Crippen molar-refractivity contribution in [1.29, 1.82) is 0 Å². The van der Waals surface area contributed by atoms with Crippen molar-refractivity contribution in [3.8, 4) is 0 Å². The van der Waals surface area contributed by atoms with Crippen LogP contribution in [0.15, 0.2) is 42.6 Å². The highest BCUT2D eigenvalue weighted by Crippen LogP contribution is 2.23. The van der Waals surface area contributed by atoms with E-state index in [1.807, 2.05) is 55.1 Å². The van der Waals surface area contributed by atoms with Gasteiger partial charge >= 0.3 is 0 Å². The van der Waals surface area contributed by atoms with Gasteiger partial charge in [0.05, 0.1) is 11.9 Å². The third kappa shape index (κ3) is 5.17. The molecule has 30 heavy (non-hydrogen) atoms. The summed E-state index contributed by atoms with van der Waals surface area (Å²) < 4.78 is 0. The Hall–Kier alpha value is -2.89. The number of carbonyl (C=O) groups is 2. The van der Waals surface area contributed by atoms with Gasteiger partial charge in [-0.2, -0.15) is 0 Å². The fourth-order valence-electron chi connectivity index (χ4n) is 3.49. The highest BCUT2D eigenvalue weighted by molar-refractivity contribution is 6.04. The standard InChI is InChI=1S/C24H32N4O2/c1-17(2)23(30)28-14-12-27(13-15-28)21-11-10-20(16-25-21)26-22(29)18-6-8-19(9-7-18)24(3,4)5/h6-11,16-17H,12-15H2,1-5H3,(H,26,29). The molecule has 2 heterocycles. The van der Waals surface area contributed by atoms with Crippen molar-refractivity contribution in [2.24, 2.45) is 5.92 Å². The molecule has 1 aliphatic rings. The average Bonchev–Trinajstić information content (AvgIpc) is 2.73. The third-order valence-corrected chi connectivity index (χ3v) is 5.43. The number of benzene rings is 1. The second-order valence-corrected chi connectivity index (χ2v) is 9.15. The molecular formula is C24H32N4O2. The summed E-state index contributed by atoms with van der Waals surface area (Å²) in [5.74, 6) is 0.948. The normalized spacial score (nSPS) is 14.7. The van der Waals surface area contributed by atoms with E-state index in [0.29, 0.717) is 24.3 Å². The monoisotopic (exact) mass is 408 g/mol. The molecule has 0 aliphatic carbocycles. The molecule has 0 radical (unpaired) electrons. The van der Waals surface area contributed by atoms with Gasteiger partial charge in [-0.15, -0.1) is 0 Å². The van der Waals surface area contributed by atoms with Crippen molar-refractivity contribution in [2.75, 3.05) is 36.4 Å². The molecule has 160 valence electrons. The lowest BCUT2D eigenvalue weighted by molar-refractivity contribution is -0.134. The van der Waals surface area contributed by atoms with Crippen LogP contribution in [0.3, 0.4) is 0 Å². The number of nitrogens with one attached hydrogen (secondary N) is 1. The summed E-state index contributed by atoms with van der Waals surface area (Å²) in [6.07, 6.45) is 1.68. The van der Waals surface area contributed by atoms with Gasteiger partial charge in [-0.3, -0.25) is 9.59 Å². The topological polar surface area (TPSA) is 65.5 Å². The van der Waals surface area contributed by atoms with E-state index in [0.717, 1.165) is 18.9 Å². The number of aromatic nitrogens is 1. The Morgan fingerprint density at radius 1 is 0.967 bits per heavy atom. The lowest BCUT2D eigenvalue weighted by Crippen LogP contribution is -2.50. The van der Waals surface area contributed by atoms with Gasteiger partial charge in [-0.05, 0) is 35.2 Å². The smallest absolute Gasteiger partial charge is 0.255 e. The first kappa shape index (κ1) is 21.8. The molecule has 1 aliphatic heterocycles. The number of carbonyl (C=O) groups excluding carboxylic acids is 2. The lowest BCUT2D eigenvalue weighted by atomic mass is 9.87. The molecule has 0 atom stereocenters. The maximum atomic E-state index is 12.5. The Balaban J connectivity index is 1.57. The van der Waals surface area contributed by atoms with E-state index in [4.69, 9.17) is 0 Å². The molecule has 0 bridgehead atoms. The maximum Gasteiger partial charge on any atom is 0.255 e. The van der Waals surface area contributed by atoms with E-state index in [9.17, 15) is 9.59 Å². The molecule has 1 N–H and O–H groups in total. The van der Waals surface area contributed by atoms with E-state index in [2.05, 4.69) is 36.0 Å². The molecule has 6 nitrogen and oxygen atoms in total. The quantitative estimate of drug-likeness (QED) is 0.832. The summed E-state index contributed by atoms with van der Waals surface area (Å²) in [7, 11) is 0. The largest absolute Gasteiger partial charge is 0.353 e. The number of amides is 2. The maximum absolute atomic E-state index is 12.5. The summed E-state index contributed by atoms with van der Waals surface area (Å²) >= 11 is 0. The minimum absolute atomic E-state index is 0.0298. The van der Waals surface area contributed by atoms with Crippen LogP contribution in [0.4, 0.5) is 11.5 Å². The fraction of sp³-hybridized carbons (Fsp3) is 0.458. The van der Waals surface area contributed by atoms with E-state index in [-0.39, 0.29) is 23.1 Å². The first-order chi connectivity index (χ1) is 14.1. The first-order valence-electron chi connectivity index (χ1n) is 10.6. The second-order valence-electron chi connectivity index (χ2n) is 9.15. The molecule has 1 saturated heterocycles. The molecule has 0 unspecified atom stereocenters. The average molecular weight is 409 g/mol. The van der Waals surface area contributed by atoms with Crippen LogP contribution in [0.1, 0.15) is 50.5 Å². The predicted octanol–water partition coefficient (Wildman–Crippen LogP) is 3.94. The molecule has 2 amide bonds. The van der Waals surface area contributed by atoms with E-state index in [1.54, 1.807) is 6.20 Å². The van der Waals surface area contributed by atoms with Gasteiger partial charge in [0.1, 0.15) is 5.82 Å². The highest BCUT2D eigenvalue weighted by atomic mass is 16.2. The minimum atomic E-state index is -0.147. The summed E-state index contributed by atoms with van der Waals surface area (Å²) in [5.41, 5.74) is 2.54. The molecule has 2 aromatic rings. The van der Waals surface area contributed by atoms with Gasteiger partial charge in [0.2, 0.25) is 5.91 Å². The molecule has 0 spiro atoms. The Bertz CT molecular complexity index is 875. The number of hydrogen-bond acceptors (Lipinski definition) is 4.